The first kappa shape index (κ1) is 21.1. The lowest BCUT2D eigenvalue weighted by atomic mass is 10.1. The van der Waals surface area contributed by atoms with E-state index in [9.17, 15) is 4.57 Å². The molecule has 0 fully saturated rings. The van der Waals surface area contributed by atoms with Crippen molar-refractivity contribution in [1.82, 2.24) is 0 Å². The van der Waals surface area contributed by atoms with E-state index in [1.807, 2.05) is 13.8 Å². The van der Waals surface area contributed by atoms with Crippen molar-refractivity contribution in [2.24, 2.45) is 0 Å². The molecule has 0 aliphatic rings. The maximum Gasteiger partial charge on any atom is 0.328 e. The van der Waals surface area contributed by atoms with Crippen molar-refractivity contribution in [3.63, 3.8) is 0 Å². The largest absolute Gasteiger partial charge is 0.328 e. The van der Waals surface area contributed by atoms with Crippen molar-refractivity contribution >= 4 is 7.60 Å². The van der Waals surface area contributed by atoms with Crippen LogP contribution in [0.15, 0.2) is 0 Å². The first-order chi connectivity index (χ1) is 9.91. The molecule has 0 radical (unpaired) electrons. The molecule has 0 saturated heterocycles. The Bertz CT molecular complexity index is 257. The van der Waals surface area contributed by atoms with E-state index in [-0.39, 0.29) is 12.2 Å². The summed E-state index contributed by atoms with van der Waals surface area (Å²) in [5, 5.41) is 0. The zero-order valence-electron chi connectivity index (χ0n) is 14.9. The smallest absolute Gasteiger partial charge is 0.306 e. The Balaban J connectivity index is 3.86. The lowest BCUT2D eigenvalue weighted by Gasteiger charge is -2.22. The summed E-state index contributed by atoms with van der Waals surface area (Å²) in [6, 6.07) is 0. The summed E-state index contributed by atoms with van der Waals surface area (Å²) >= 11 is 0. The summed E-state index contributed by atoms with van der Waals surface area (Å²) in [5.41, 5.74) is 0. The molecular weight excluding hydrogens is 283 g/mol. The number of hydrogen-bond acceptors (Lipinski definition) is 3. The van der Waals surface area contributed by atoms with E-state index in [2.05, 4.69) is 13.8 Å². The van der Waals surface area contributed by atoms with Crippen LogP contribution < -0.4 is 0 Å². The molecule has 0 bridgehead atoms. The summed E-state index contributed by atoms with van der Waals surface area (Å²) in [6.45, 7) is 10.0. The maximum absolute atomic E-state index is 12.4. The summed E-state index contributed by atoms with van der Waals surface area (Å²) in [5.74, 6) is 0. The van der Waals surface area contributed by atoms with Gasteiger partial charge in [0.05, 0.1) is 12.2 Å². The van der Waals surface area contributed by atoms with Crippen molar-refractivity contribution < 1.29 is 13.6 Å². The van der Waals surface area contributed by atoms with Crippen molar-refractivity contribution in [3.05, 3.63) is 0 Å². The Labute approximate surface area is 132 Å². The average molecular weight is 320 g/mol. The predicted molar refractivity (Wildman–Crippen MR) is 92.1 cm³/mol. The molecule has 2 atom stereocenters. The monoisotopic (exact) mass is 320 g/mol. The van der Waals surface area contributed by atoms with Crippen molar-refractivity contribution in [2.45, 2.75) is 104 Å². The van der Waals surface area contributed by atoms with Crippen molar-refractivity contribution in [2.75, 3.05) is 6.66 Å². The minimum atomic E-state index is -2.92. The first-order valence-corrected chi connectivity index (χ1v) is 10.8. The zero-order chi connectivity index (χ0) is 16.1. The third kappa shape index (κ3) is 13.5. The second-order valence-corrected chi connectivity index (χ2v) is 8.27. The van der Waals surface area contributed by atoms with E-state index >= 15 is 0 Å². The highest BCUT2D eigenvalue weighted by molar-refractivity contribution is 7.53. The van der Waals surface area contributed by atoms with E-state index in [4.69, 9.17) is 9.05 Å². The minimum Gasteiger partial charge on any atom is -0.306 e. The first-order valence-electron chi connectivity index (χ1n) is 8.85. The molecule has 0 amide bonds. The molecule has 128 valence electrons. The molecule has 0 rings (SSSR count). The molecule has 0 aromatic carbocycles. The second kappa shape index (κ2) is 12.7. The molecule has 0 saturated carbocycles. The fourth-order valence-electron chi connectivity index (χ4n) is 2.50. The highest BCUT2D eigenvalue weighted by Crippen LogP contribution is 2.47. The standard InChI is InChI=1S/C17H37O3P/c1-6-8-10-12-14-16(3)19-21(5,18)20-17(4)15-13-11-9-7-2/h16-17H,6-15H2,1-5H3. The molecular formula is C17H37O3P. The van der Waals surface area contributed by atoms with E-state index in [0.717, 1.165) is 25.7 Å². The Kier molecular flexibility index (Phi) is 12.8. The van der Waals surface area contributed by atoms with Crippen LogP contribution in [0.4, 0.5) is 0 Å². The highest BCUT2D eigenvalue weighted by Gasteiger charge is 2.23. The maximum atomic E-state index is 12.4. The van der Waals surface area contributed by atoms with Crippen LogP contribution in [-0.2, 0) is 13.6 Å². The number of unbranched alkanes of at least 4 members (excludes halogenated alkanes) is 6. The van der Waals surface area contributed by atoms with Gasteiger partial charge in [0.2, 0.25) is 0 Å². The van der Waals surface area contributed by atoms with Crippen LogP contribution in [0.25, 0.3) is 0 Å². The molecule has 3 nitrogen and oxygen atoms in total. The van der Waals surface area contributed by atoms with Gasteiger partial charge < -0.3 is 9.05 Å². The molecule has 0 aliphatic carbocycles. The van der Waals surface area contributed by atoms with E-state index < -0.39 is 7.60 Å². The predicted octanol–water partition coefficient (Wildman–Crippen LogP) is 6.56. The Morgan fingerprint density at radius 2 is 1.14 bits per heavy atom. The van der Waals surface area contributed by atoms with Crippen molar-refractivity contribution in [1.29, 1.82) is 0 Å². The minimum absolute atomic E-state index is 0.0185. The molecule has 4 heteroatoms. The van der Waals surface area contributed by atoms with Gasteiger partial charge in [-0.15, -0.1) is 0 Å². The molecule has 0 spiro atoms. The Morgan fingerprint density at radius 3 is 1.48 bits per heavy atom. The van der Waals surface area contributed by atoms with Crippen LogP contribution in [0.2, 0.25) is 0 Å². The molecule has 0 aromatic rings. The summed E-state index contributed by atoms with van der Waals surface area (Å²) in [6.07, 6.45) is 11.7. The number of hydrogen-bond donors (Lipinski definition) is 0. The van der Waals surface area contributed by atoms with E-state index in [1.165, 1.54) is 38.5 Å². The van der Waals surface area contributed by atoms with Crippen LogP contribution in [-0.4, -0.2) is 18.9 Å². The van der Waals surface area contributed by atoms with Crippen LogP contribution in [0.3, 0.4) is 0 Å². The Hall–Kier alpha value is 0.150. The van der Waals surface area contributed by atoms with Gasteiger partial charge in [-0.25, -0.2) is 0 Å². The average Bonchev–Trinajstić information content (AvgIpc) is 2.38. The third-order valence-corrected chi connectivity index (χ3v) is 5.16. The lowest BCUT2D eigenvalue weighted by Crippen LogP contribution is -2.12. The SMILES string of the molecule is CCCCCCC(C)OP(C)(=O)OC(C)CCCCCC. The summed E-state index contributed by atoms with van der Waals surface area (Å²) < 4.78 is 23.7. The number of rotatable bonds is 14. The van der Waals surface area contributed by atoms with Crippen LogP contribution in [0.1, 0.15) is 91.9 Å². The van der Waals surface area contributed by atoms with E-state index in [0.29, 0.717) is 0 Å². The highest BCUT2D eigenvalue weighted by atomic mass is 31.2. The van der Waals surface area contributed by atoms with Crippen LogP contribution >= 0.6 is 7.60 Å². The normalized spacial score (nSPS) is 17.4. The molecule has 0 aromatic heterocycles. The topological polar surface area (TPSA) is 35.5 Å². The molecule has 0 heterocycles. The zero-order valence-corrected chi connectivity index (χ0v) is 15.8. The van der Waals surface area contributed by atoms with Gasteiger partial charge in [-0.2, -0.15) is 0 Å². The molecule has 0 N–H and O–H groups in total. The quantitative estimate of drug-likeness (QED) is 0.268. The second-order valence-electron chi connectivity index (χ2n) is 6.30. The lowest BCUT2D eigenvalue weighted by molar-refractivity contribution is 0.120. The van der Waals surface area contributed by atoms with Gasteiger partial charge >= 0.3 is 7.60 Å². The fourth-order valence-corrected chi connectivity index (χ4v) is 4.07. The van der Waals surface area contributed by atoms with Gasteiger partial charge in [0, 0.05) is 6.66 Å². The van der Waals surface area contributed by atoms with Gasteiger partial charge in [0.1, 0.15) is 0 Å². The molecule has 2 unspecified atom stereocenters. The summed E-state index contributed by atoms with van der Waals surface area (Å²) in [7, 11) is -2.92. The van der Waals surface area contributed by atoms with Crippen molar-refractivity contribution in [3.8, 4) is 0 Å². The van der Waals surface area contributed by atoms with Crippen LogP contribution in [0, 0.1) is 0 Å². The van der Waals surface area contributed by atoms with Gasteiger partial charge in [0.25, 0.3) is 0 Å². The Morgan fingerprint density at radius 1 is 0.762 bits per heavy atom. The third-order valence-electron chi connectivity index (χ3n) is 3.67. The van der Waals surface area contributed by atoms with Gasteiger partial charge in [-0.3, -0.25) is 4.57 Å². The van der Waals surface area contributed by atoms with E-state index in [1.54, 1.807) is 6.66 Å². The van der Waals surface area contributed by atoms with Gasteiger partial charge in [-0.1, -0.05) is 65.2 Å². The van der Waals surface area contributed by atoms with Gasteiger partial charge in [0.15, 0.2) is 0 Å². The fraction of sp³-hybridized carbons (Fsp3) is 1.00. The molecule has 0 aliphatic heterocycles. The summed E-state index contributed by atoms with van der Waals surface area (Å²) in [4.78, 5) is 0. The van der Waals surface area contributed by atoms with Crippen LogP contribution in [0.5, 0.6) is 0 Å². The van der Waals surface area contributed by atoms with Gasteiger partial charge in [-0.05, 0) is 26.7 Å². The molecule has 21 heavy (non-hydrogen) atoms.